The normalized spacial score (nSPS) is 12.4. The Labute approximate surface area is 124 Å². The van der Waals surface area contributed by atoms with Crippen LogP contribution in [-0.2, 0) is 13.6 Å². The molecule has 0 bridgehead atoms. The van der Waals surface area contributed by atoms with Crippen molar-refractivity contribution >= 4 is 11.6 Å². The Morgan fingerprint density at radius 1 is 1.35 bits per heavy atom. The number of benzene rings is 1. The van der Waals surface area contributed by atoms with Crippen LogP contribution >= 0.6 is 11.6 Å². The van der Waals surface area contributed by atoms with Gasteiger partial charge in [-0.2, -0.15) is 5.10 Å². The van der Waals surface area contributed by atoms with Gasteiger partial charge in [0.2, 0.25) is 0 Å². The van der Waals surface area contributed by atoms with Crippen molar-refractivity contribution in [3.8, 4) is 5.75 Å². The number of aryl methyl sites for hydroxylation is 2. The number of methoxy groups -OCH3 is 1. The van der Waals surface area contributed by atoms with E-state index in [1.165, 1.54) is 5.56 Å². The fourth-order valence-corrected chi connectivity index (χ4v) is 2.36. The van der Waals surface area contributed by atoms with E-state index in [2.05, 4.69) is 29.5 Å². The summed E-state index contributed by atoms with van der Waals surface area (Å²) in [6, 6.07) is 8.29. The number of nitrogens with one attached hydrogen (secondary N) is 1. The summed E-state index contributed by atoms with van der Waals surface area (Å²) in [6.45, 7) is 4.72. The third-order valence-electron chi connectivity index (χ3n) is 3.45. The maximum absolute atomic E-state index is 6.24. The first kappa shape index (κ1) is 14.9. The van der Waals surface area contributed by atoms with Gasteiger partial charge in [-0.3, -0.25) is 4.68 Å². The summed E-state index contributed by atoms with van der Waals surface area (Å²) in [7, 11) is 3.58. The minimum Gasteiger partial charge on any atom is -0.497 e. The van der Waals surface area contributed by atoms with Gasteiger partial charge in [0.05, 0.1) is 23.5 Å². The second-order valence-corrected chi connectivity index (χ2v) is 5.22. The molecule has 1 aromatic carbocycles. The van der Waals surface area contributed by atoms with Gasteiger partial charge in [0, 0.05) is 19.6 Å². The van der Waals surface area contributed by atoms with Crippen LogP contribution in [0.5, 0.6) is 5.75 Å². The van der Waals surface area contributed by atoms with Crippen LogP contribution in [0.2, 0.25) is 5.02 Å². The SMILES string of the molecule is COc1ccc([C@H](C)NCc2c(Cl)c(C)nn2C)cc1. The van der Waals surface area contributed by atoms with Crippen molar-refractivity contribution in [2.24, 2.45) is 7.05 Å². The predicted molar refractivity (Wildman–Crippen MR) is 81.2 cm³/mol. The van der Waals surface area contributed by atoms with Crippen LogP contribution in [-0.4, -0.2) is 16.9 Å². The smallest absolute Gasteiger partial charge is 0.118 e. The Hall–Kier alpha value is -1.52. The molecule has 1 heterocycles. The number of hydrogen-bond acceptors (Lipinski definition) is 3. The molecule has 0 amide bonds. The fourth-order valence-electron chi connectivity index (χ4n) is 2.13. The summed E-state index contributed by atoms with van der Waals surface area (Å²) in [6.07, 6.45) is 0. The summed E-state index contributed by atoms with van der Waals surface area (Å²) >= 11 is 6.24. The topological polar surface area (TPSA) is 39.1 Å². The Morgan fingerprint density at radius 2 is 2.00 bits per heavy atom. The molecule has 0 saturated heterocycles. The summed E-state index contributed by atoms with van der Waals surface area (Å²) < 4.78 is 6.99. The Balaban J connectivity index is 2.02. The molecule has 4 nitrogen and oxygen atoms in total. The first-order chi connectivity index (χ1) is 9.52. The van der Waals surface area contributed by atoms with E-state index in [0.717, 1.165) is 22.2 Å². The molecule has 0 radical (unpaired) electrons. The lowest BCUT2D eigenvalue weighted by atomic mass is 10.1. The summed E-state index contributed by atoms with van der Waals surface area (Å²) in [5.74, 6) is 0.867. The number of aromatic nitrogens is 2. The first-order valence-electron chi connectivity index (χ1n) is 6.58. The third kappa shape index (κ3) is 3.14. The molecule has 0 fully saturated rings. The van der Waals surface area contributed by atoms with Crippen molar-refractivity contribution in [1.29, 1.82) is 0 Å². The minimum atomic E-state index is 0.229. The molecule has 0 aliphatic heterocycles. The summed E-state index contributed by atoms with van der Waals surface area (Å²) in [5.41, 5.74) is 3.08. The van der Waals surface area contributed by atoms with Gasteiger partial charge in [-0.05, 0) is 31.5 Å². The van der Waals surface area contributed by atoms with Crippen LogP contribution in [0.25, 0.3) is 0 Å². The van der Waals surface area contributed by atoms with Crippen LogP contribution in [0.3, 0.4) is 0 Å². The van der Waals surface area contributed by atoms with Crippen molar-refractivity contribution in [3.05, 3.63) is 46.2 Å². The second-order valence-electron chi connectivity index (χ2n) is 4.85. The highest BCUT2D eigenvalue weighted by molar-refractivity contribution is 6.31. The lowest BCUT2D eigenvalue weighted by molar-refractivity contribution is 0.414. The average Bonchev–Trinajstić information content (AvgIpc) is 2.70. The molecular formula is C15H20ClN3O. The Bertz CT molecular complexity index is 578. The van der Waals surface area contributed by atoms with E-state index in [0.29, 0.717) is 6.54 Å². The van der Waals surface area contributed by atoms with Crippen molar-refractivity contribution < 1.29 is 4.74 Å². The van der Waals surface area contributed by atoms with Crippen molar-refractivity contribution in [1.82, 2.24) is 15.1 Å². The second kappa shape index (κ2) is 6.29. The third-order valence-corrected chi connectivity index (χ3v) is 3.94. The van der Waals surface area contributed by atoms with Crippen molar-refractivity contribution in [2.45, 2.75) is 26.4 Å². The zero-order chi connectivity index (χ0) is 14.7. The van der Waals surface area contributed by atoms with Gasteiger partial charge < -0.3 is 10.1 Å². The Kier molecular flexibility index (Phi) is 4.68. The zero-order valence-electron chi connectivity index (χ0n) is 12.3. The molecule has 1 atom stereocenters. The maximum atomic E-state index is 6.24. The van der Waals surface area contributed by atoms with Gasteiger partial charge >= 0.3 is 0 Å². The lowest BCUT2D eigenvalue weighted by Crippen LogP contribution is -2.20. The van der Waals surface area contributed by atoms with E-state index in [1.807, 2.05) is 30.8 Å². The highest BCUT2D eigenvalue weighted by atomic mass is 35.5. The van der Waals surface area contributed by atoms with Crippen LogP contribution in [0.4, 0.5) is 0 Å². The van der Waals surface area contributed by atoms with Crippen LogP contribution < -0.4 is 10.1 Å². The van der Waals surface area contributed by atoms with Crippen LogP contribution in [0.1, 0.15) is 29.9 Å². The van der Waals surface area contributed by atoms with Gasteiger partial charge in [0.25, 0.3) is 0 Å². The molecule has 0 aliphatic carbocycles. The summed E-state index contributed by atoms with van der Waals surface area (Å²) in [4.78, 5) is 0. The van der Waals surface area contributed by atoms with E-state index in [-0.39, 0.29) is 6.04 Å². The van der Waals surface area contributed by atoms with E-state index in [4.69, 9.17) is 16.3 Å². The Morgan fingerprint density at radius 3 is 2.50 bits per heavy atom. The van der Waals surface area contributed by atoms with Gasteiger partial charge in [0.15, 0.2) is 0 Å². The maximum Gasteiger partial charge on any atom is 0.118 e. The molecule has 2 rings (SSSR count). The van der Waals surface area contributed by atoms with Gasteiger partial charge in [-0.25, -0.2) is 0 Å². The monoisotopic (exact) mass is 293 g/mol. The number of rotatable bonds is 5. The fraction of sp³-hybridized carbons (Fsp3) is 0.400. The van der Waals surface area contributed by atoms with E-state index in [9.17, 15) is 0 Å². The molecule has 1 aromatic heterocycles. The number of nitrogens with zero attached hydrogens (tertiary/aromatic N) is 2. The highest BCUT2D eigenvalue weighted by Crippen LogP contribution is 2.21. The molecule has 108 valence electrons. The van der Waals surface area contributed by atoms with E-state index < -0.39 is 0 Å². The quantitative estimate of drug-likeness (QED) is 0.920. The van der Waals surface area contributed by atoms with E-state index in [1.54, 1.807) is 7.11 Å². The molecular weight excluding hydrogens is 274 g/mol. The molecule has 2 aromatic rings. The lowest BCUT2D eigenvalue weighted by Gasteiger charge is -2.15. The molecule has 0 unspecified atom stereocenters. The standard InChI is InChI=1S/C15H20ClN3O/c1-10(12-5-7-13(20-4)8-6-12)17-9-14-15(16)11(2)18-19(14)3/h5-8,10,17H,9H2,1-4H3/t10-/m0/s1. The van der Waals surface area contributed by atoms with E-state index >= 15 is 0 Å². The molecule has 5 heteroatoms. The highest BCUT2D eigenvalue weighted by Gasteiger charge is 2.12. The number of hydrogen-bond donors (Lipinski definition) is 1. The van der Waals surface area contributed by atoms with Crippen LogP contribution in [0, 0.1) is 6.92 Å². The van der Waals surface area contributed by atoms with Crippen molar-refractivity contribution in [3.63, 3.8) is 0 Å². The average molecular weight is 294 g/mol. The largest absolute Gasteiger partial charge is 0.497 e. The molecule has 0 saturated carbocycles. The molecule has 0 spiro atoms. The van der Waals surface area contributed by atoms with Gasteiger partial charge in [0.1, 0.15) is 5.75 Å². The number of ether oxygens (including phenoxy) is 1. The predicted octanol–water partition coefficient (Wildman–Crippen LogP) is 3.24. The molecule has 20 heavy (non-hydrogen) atoms. The summed E-state index contributed by atoms with van der Waals surface area (Å²) in [5, 5.41) is 8.51. The minimum absolute atomic E-state index is 0.229. The van der Waals surface area contributed by atoms with Crippen molar-refractivity contribution in [2.75, 3.05) is 7.11 Å². The van der Waals surface area contributed by atoms with Gasteiger partial charge in [-0.1, -0.05) is 23.7 Å². The molecule has 0 aliphatic rings. The van der Waals surface area contributed by atoms with Gasteiger partial charge in [-0.15, -0.1) is 0 Å². The zero-order valence-corrected chi connectivity index (χ0v) is 13.0. The number of halogens is 1. The molecule has 1 N–H and O–H groups in total. The van der Waals surface area contributed by atoms with Crippen LogP contribution in [0.15, 0.2) is 24.3 Å². The first-order valence-corrected chi connectivity index (χ1v) is 6.96.